The number of rotatable bonds is 0. The van der Waals surface area contributed by atoms with Gasteiger partial charge in [-0.1, -0.05) is 0 Å². The highest BCUT2D eigenvalue weighted by Gasteiger charge is 1.94. The zero-order valence-corrected chi connectivity index (χ0v) is 4.88. The molecule has 1 aromatic heterocycles. The topological polar surface area (TPSA) is 61.6 Å². The summed E-state index contributed by atoms with van der Waals surface area (Å²) in [6.07, 6.45) is 0. The molecular formula is C5H5N3O. The lowest BCUT2D eigenvalue weighted by molar-refractivity contribution is 0.736. The molecule has 0 saturated heterocycles. The van der Waals surface area contributed by atoms with Gasteiger partial charge >= 0.3 is 0 Å². The molecule has 0 fully saturated rings. The lowest BCUT2D eigenvalue weighted by Crippen LogP contribution is -2.09. The van der Waals surface area contributed by atoms with Crippen LogP contribution in [0.4, 0.5) is 0 Å². The molecule has 0 aromatic carbocycles. The van der Waals surface area contributed by atoms with E-state index in [4.69, 9.17) is 5.26 Å². The van der Waals surface area contributed by atoms with Crippen molar-refractivity contribution in [3.05, 3.63) is 22.1 Å². The Bertz CT molecular complexity index is 301. The van der Waals surface area contributed by atoms with Gasteiger partial charge in [0, 0.05) is 13.1 Å². The Hall–Kier alpha value is -1.50. The summed E-state index contributed by atoms with van der Waals surface area (Å²) >= 11 is 0. The SMILES string of the molecule is Cn1[nH]c(C#N)cc1=O. The predicted molar refractivity (Wildman–Crippen MR) is 30.7 cm³/mol. The number of hydrogen-bond donors (Lipinski definition) is 1. The average molecular weight is 123 g/mol. The minimum atomic E-state index is -0.188. The second kappa shape index (κ2) is 1.78. The van der Waals surface area contributed by atoms with Crippen LogP contribution in [0.5, 0.6) is 0 Å². The zero-order chi connectivity index (χ0) is 6.85. The summed E-state index contributed by atoms with van der Waals surface area (Å²) in [5.74, 6) is 0. The summed E-state index contributed by atoms with van der Waals surface area (Å²) in [6, 6.07) is 3.06. The van der Waals surface area contributed by atoms with Gasteiger partial charge in [0.05, 0.1) is 0 Å². The first-order valence-electron chi connectivity index (χ1n) is 2.40. The molecule has 4 heteroatoms. The van der Waals surface area contributed by atoms with E-state index in [1.54, 1.807) is 7.05 Å². The summed E-state index contributed by atoms with van der Waals surface area (Å²) in [5, 5.41) is 10.8. The third-order valence-electron chi connectivity index (χ3n) is 1.01. The van der Waals surface area contributed by atoms with E-state index in [0.29, 0.717) is 5.69 Å². The van der Waals surface area contributed by atoms with Crippen LogP contribution >= 0.6 is 0 Å². The van der Waals surface area contributed by atoms with Crippen LogP contribution in [0, 0.1) is 11.3 Å². The fraction of sp³-hybridized carbons (Fsp3) is 0.200. The largest absolute Gasteiger partial charge is 0.286 e. The molecule has 0 bridgehead atoms. The van der Waals surface area contributed by atoms with Crippen LogP contribution in [-0.4, -0.2) is 9.78 Å². The molecular weight excluding hydrogens is 118 g/mol. The fourth-order valence-electron chi connectivity index (χ4n) is 0.546. The Morgan fingerprint density at radius 1 is 1.89 bits per heavy atom. The summed E-state index contributed by atoms with van der Waals surface area (Å²) in [4.78, 5) is 10.6. The molecule has 0 aliphatic heterocycles. The van der Waals surface area contributed by atoms with E-state index >= 15 is 0 Å². The first-order chi connectivity index (χ1) is 4.24. The van der Waals surface area contributed by atoms with Crippen molar-refractivity contribution in [3.8, 4) is 6.07 Å². The van der Waals surface area contributed by atoms with Crippen LogP contribution in [0.3, 0.4) is 0 Å². The van der Waals surface area contributed by atoms with E-state index in [1.165, 1.54) is 10.7 Å². The van der Waals surface area contributed by atoms with Crippen molar-refractivity contribution in [1.82, 2.24) is 9.78 Å². The highest BCUT2D eigenvalue weighted by atomic mass is 16.1. The molecule has 46 valence electrons. The number of aromatic nitrogens is 2. The molecule has 0 radical (unpaired) electrons. The molecule has 1 N–H and O–H groups in total. The standard InChI is InChI=1S/C5H5N3O/c1-8-5(9)2-4(3-6)7-8/h2,7H,1H3. The third-order valence-corrected chi connectivity index (χ3v) is 1.01. The Labute approximate surface area is 51.3 Å². The van der Waals surface area contributed by atoms with Gasteiger partial charge in [0.15, 0.2) is 0 Å². The van der Waals surface area contributed by atoms with Crippen molar-refractivity contribution >= 4 is 0 Å². The molecule has 0 aliphatic carbocycles. The number of nitrogens with zero attached hydrogens (tertiary/aromatic N) is 2. The number of hydrogen-bond acceptors (Lipinski definition) is 2. The molecule has 0 saturated carbocycles. The highest BCUT2D eigenvalue weighted by molar-refractivity contribution is 5.16. The van der Waals surface area contributed by atoms with Crippen molar-refractivity contribution in [2.75, 3.05) is 0 Å². The Morgan fingerprint density at radius 2 is 2.56 bits per heavy atom. The lowest BCUT2D eigenvalue weighted by Gasteiger charge is -1.81. The smallest absolute Gasteiger partial charge is 0.267 e. The van der Waals surface area contributed by atoms with Gasteiger partial charge in [-0.15, -0.1) is 0 Å². The first kappa shape index (κ1) is 5.63. The maximum atomic E-state index is 10.6. The number of H-pyrrole nitrogens is 1. The Kier molecular flexibility index (Phi) is 1.12. The number of aryl methyl sites for hydroxylation is 1. The second-order valence-electron chi connectivity index (χ2n) is 1.68. The fourth-order valence-corrected chi connectivity index (χ4v) is 0.546. The molecule has 9 heavy (non-hydrogen) atoms. The lowest BCUT2D eigenvalue weighted by atomic mass is 10.5. The molecule has 0 amide bonds. The zero-order valence-electron chi connectivity index (χ0n) is 4.88. The van der Waals surface area contributed by atoms with E-state index in [0.717, 1.165) is 0 Å². The average Bonchev–Trinajstić information content (AvgIpc) is 2.13. The van der Waals surface area contributed by atoms with E-state index in [2.05, 4.69) is 5.10 Å². The van der Waals surface area contributed by atoms with Gasteiger partial charge < -0.3 is 0 Å². The molecule has 0 atom stereocenters. The van der Waals surface area contributed by atoms with Crippen molar-refractivity contribution in [2.45, 2.75) is 0 Å². The van der Waals surface area contributed by atoms with Crippen molar-refractivity contribution in [2.24, 2.45) is 7.05 Å². The van der Waals surface area contributed by atoms with Crippen LogP contribution in [0.25, 0.3) is 0 Å². The summed E-state index contributed by atoms with van der Waals surface area (Å²) in [5.41, 5.74) is 0.106. The van der Waals surface area contributed by atoms with Crippen LogP contribution < -0.4 is 5.56 Å². The predicted octanol–water partition coefficient (Wildman–Crippen LogP) is -0.415. The first-order valence-corrected chi connectivity index (χ1v) is 2.40. The number of nitrogens with one attached hydrogen (secondary N) is 1. The number of nitriles is 1. The molecule has 4 nitrogen and oxygen atoms in total. The second-order valence-corrected chi connectivity index (χ2v) is 1.68. The van der Waals surface area contributed by atoms with Gasteiger partial charge in [0.2, 0.25) is 0 Å². The molecule has 1 aromatic rings. The number of aromatic amines is 1. The van der Waals surface area contributed by atoms with E-state index in [9.17, 15) is 4.79 Å². The summed E-state index contributed by atoms with van der Waals surface area (Å²) in [7, 11) is 1.56. The summed E-state index contributed by atoms with van der Waals surface area (Å²) < 4.78 is 1.25. The molecule has 0 unspecified atom stereocenters. The van der Waals surface area contributed by atoms with Crippen LogP contribution in [0.2, 0.25) is 0 Å². The Morgan fingerprint density at radius 3 is 2.78 bits per heavy atom. The van der Waals surface area contributed by atoms with Crippen LogP contribution in [0.1, 0.15) is 5.69 Å². The van der Waals surface area contributed by atoms with E-state index < -0.39 is 0 Å². The maximum Gasteiger partial charge on any atom is 0.267 e. The quantitative estimate of drug-likeness (QED) is 0.509. The van der Waals surface area contributed by atoms with E-state index in [1.807, 2.05) is 6.07 Å². The van der Waals surface area contributed by atoms with Gasteiger partial charge in [-0.2, -0.15) is 5.26 Å². The van der Waals surface area contributed by atoms with E-state index in [-0.39, 0.29) is 5.56 Å². The minimum absolute atomic E-state index is 0.188. The van der Waals surface area contributed by atoms with Crippen molar-refractivity contribution in [1.29, 1.82) is 5.26 Å². The maximum absolute atomic E-state index is 10.6. The van der Waals surface area contributed by atoms with Crippen molar-refractivity contribution in [3.63, 3.8) is 0 Å². The monoisotopic (exact) mass is 123 g/mol. The van der Waals surface area contributed by atoms with Gasteiger partial charge in [-0.3, -0.25) is 14.6 Å². The Balaban J connectivity index is 3.33. The van der Waals surface area contributed by atoms with Gasteiger partial charge in [-0.05, 0) is 0 Å². The molecule has 1 rings (SSSR count). The molecule has 0 aliphatic rings. The third kappa shape index (κ3) is 0.842. The van der Waals surface area contributed by atoms with Crippen LogP contribution in [-0.2, 0) is 7.05 Å². The van der Waals surface area contributed by atoms with Gasteiger partial charge in [0.1, 0.15) is 11.8 Å². The molecule has 1 heterocycles. The van der Waals surface area contributed by atoms with Gasteiger partial charge in [0.25, 0.3) is 5.56 Å². The van der Waals surface area contributed by atoms with Crippen LogP contribution in [0.15, 0.2) is 10.9 Å². The minimum Gasteiger partial charge on any atom is -0.286 e. The van der Waals surface area contributed by atoms with Crippen molar-refractivity contribution < 1.29 is 0 Å². The normalized spacial score (nSPS) is 8.89. The molecule has 0 spiro atoms. The van der Waals surface area contributed by atoms with Gasteiger partial charge in [-0.25, -0.2) is 0 Å². The highest BCUT2D eigenvalue weighted by Crippen LogP contribution is 1.81. The summed E-state index contributed by atoms with van der Waals surface area (Å²) in [6.45, 7) is 0.